The van der Waals surface area contributed by atoms with Crippen molar-refractivity contribution >= 4 is 34.4 Å². The Kier molecular flexibility index (Phi) is 5.61. The van der Waals surface area contributed by atoms with Gasteiger partial charge in [0.1, 0.15) is 22.7 Å². The van der Waals surface area contributed by atoms with Crippen LogP contribution in [0.3, 0.4) is 0 Å². The van der Waals surface area contributed by atoms with Crippen molar-refractivity contribution in [3.05, 3.63) is 66.1 Å². The number of aromatic nitrogens is 5. The number of fused-ring (bicyclic) bond motifs is 2. The van der Waals surface area contributed by atoms with E-state index in [2.05, 4.69) is 35.6 Å². The fourth-order valence-electron chi connectivity index (χ4n) is 3.34. The second-order valence-corrected chi connectivity index (χ2v) is 7.71. The van der Waals surface area contributed by atoms with Crippen molar-refractivity contribution in [3.63, 3.8) is 0 Å². The molecule has 0 radical (unpaired) electrons. The topological polar surface area (TPSA) is 102 Å². The van der Waals surface area contributed by atoms with Crippen LogP contribution in [-0.2, 0) is 12.1 Å². The van der Waals surface area contributed by atoms with E-state index in [0.29, 0.717) is 16.9 Å². The third kappa shape index (κ3) is 4.72. The Morgan fingerprint density at radius 1 is 0.833 bits per heavy atom. The van der Waals surface area contributed by atoms with Gasteiger partial charge in [-0.05, 0) is 36.4 Å². The molecule has 5 aromatic heterocycles. The maximum atomic E-state index is 14.1. The standard InChI is InChI=1S/C23H16F5N7O/c1-2-22(24,25)18-10-12(8-9-29-18)30-20-33-19(14-4-3-5-17(31-14)23(26,27)28)34-21(35-20)32-15-11-13-6-7-16(15)36-13/h3-11H,2H2,1H3,(H2,29,30,32,33,34,35). The molecule has 2 N–H and O–H groups in total. The van der Waals surface area contributed by atoms with Gasteiger partial charge >= 0.3 is 6.18 Å². The molecule has 13 heteroatoms. The molecule has 0 aliphatic rings. The van der Waals surface area contributed by atoms with Crippen LogP contribution in [0.2, 0.25) is 0 Å². The third-order valence-corrected chi connectivity index (χ3v) is 5.16. The molecule has 5 aromatic rings. The number of alkyl halides is 5. The van der Waals surface area contributed by atoms with Gasteiger partial charge in [0.2, 0.25) is 11.9 Å². The molecule has 5 rings (SSSR count). The number of benzene rings is 1. The number of rotatable bonds is 7. The zero-order valence-electron chi connectivity index (χ0n) is 18.4. The highest BCUT2D eigenvalue weighted by molar-refractivity contribution is 5.82. The number of pyridine rings is 2. The largest absolute Gasteiger partial charge is 0.455 e. The van der Waals surface area contributed by atoms with Gasteiger partial charge in [0.15, 0.2) is 11.4 Å². The van der Waals surface area contributed by atoms with E-state index >= 15 is 0 Å². The zero-order valence-corrected chi connectivity index (χ0v) is 18.4. The van der Waals surface area contributed by atoms with Gasteiger partial charge in [0.25, 0.3) is 5.92 Å². The molecular formula is C23H16F5N7O. The number of halogens is 5. The second kappa shape index (κ2) is 8.66. The number of anilines is 4. The van der Waals surface area contributed by atoms with Gasteiger partial charge in [0, 0.05) is 24.4 Å². The molecular weight excluding hydrogens is 485 g/mol. The third-order valence-electron chi connectivity index (χ3n) is 5.16. The number of hydrogen-bond donors (Lipinski definition) is 2. The minimum absolute atomic E-state index is 0.0289. The summed E-state index contributed by atoms with van der Waals surface area (Å²) in [4.78, 5) is 20.0. The van der Waals surface area contributed by atoms with Crippen LogP contribution in [0.1, 0.15) is 24.7 Å². The molecule has 36 heavy (non-hydrogen) atoms. The Morgan fingerprint density at radius 2 is 1.61 bits per heavy atom. The average molecular weight is 501 g/mol. The van der Waals surface area contributed by atoms with Crippen LogP contribution in [0.15, 0.2) is 59.1 Å². The lowest BCUT2D eigenvalue weighted by Gasteiger charge is -2.15. The molecule has 0 aliphatic carbocycles. The number of nitrogens with zero attached hydrogens (tertiary/aromatic N) is 5. The molecule has 2 bridgehead atoms. The molecule has 8 nitrogen and oxygen atoms in total. The predicted molar refractivity (Wildman–Crippen MR) is 120 cm³/mol. The summed E-state index contributed by atoms with van der Waals surface area (Å²) in [5.41, 5.74) is 0.106. The molecule has 0 saturated heterocycles. The molecule has 0 aliphatic heterocycles. The lowest BCUT2D eigenvalue weighted by atomic mass is 10.1. The van der Waals surface area contributed by atoms with E-state index in [0.717, 1.165) is 12.1 Å². The lowest BCUT2D eigenvalue weighted by Crippen LogP contribution is -2.14. The van der Waals surface area contributed by atoms with E-state index in [9.17, 15) is 22.0 Å². The molecule has 0 saturated carbocycles. The van der Waals surface area contributed by atoms with Crippen LogP contribution in [0, 0.1) is 0 Å². The quantitative estimate of drug-likeness (QED) is 0.243. The van der Waals surface area contributed by atoms with Crippen molar-refractivity contribution in [3.8, 4) is 11.5 Å². The van der Waals surface area contributed by atoms with Crippen molar-refractivity contribution in [2.75, 3.05) is 10.6 Å². The number of hydrogen-bond acceptors (Lipinski definition) is 8. The minimum Gasteiger partial charge on any atom is -0.455 e. The summed E-state index contributed by atoms with van der Waals surface area (Å²) in [6, 6.07) is 11.1. The monoisotopic (exact) mass is 501 g/mol. The molecule has 184 valence electrons. The van der Waals surface area contributed by atoms with Crippen LogP contribution in [0.25, 0.3) is 22.7 Å². The fourth-order valence-corrected chi connectivity index (χ4v) is 3.34. The number of furan rings is 2. The van der Waals surface area contributed by atoms with Crippen molar-refractivity contribution in [1.29, 1.82) is 0 Å². The summed E-state index contributed by atoms with van der Waals surface area (Å²) in [6.45, 7) is 1.33. The fraction of sp³-hybridized carbons (Fsp3) is 0.174. The summed E-state index contributed by atoms with van der Waals surface area (Å²) in [5, 5.41) is 5.73. The van der Waals surface area contributed by atoms with E-state index < -0.39 is 29.9 Å². The maximum absolute atomic E-state index is 14.1. The van der Waals surface area contributed by atoms with Crippen molar-refractivity contribution in [2.24, 2.45) is 0 Å². The number of nitrogens with one attached hydrogen (secondary N) is 2. The first-order valence-corrected chi connectivity index (χ1v) is 10.6. The van der Waals surface area contributed by atoms with Gasteiger partial charge in [-0.1, -0.05) is 13.0 Å². The van der Waals surface area contributed by atoms with Crippen LogP contribution in [0.5, 0.6) is 0 Å². The maximum Gasteiger partial charge on any atom is 0.433 e. The second-order valence-electron chi connectivity index (χ2n) is 7.71. The Bertz CT molecular complexity index is 1520. The van der Waals surface area contributed by atoms with Gasteiger partial charge in [0.05, 0.1) is 5.69 Å². The van der Waals surface area contributed by atoms with E-state index in [-0.39, 0.29) is 29.1 Å². The van der Waals surface area contributed by atoms with Gasteiger partial charge < -0.3 is 15.1 Å². The van der Waals surface area contributed by atoms with Crippen LogP contribution in [0.4, 0.5) is 45.2 Å². The molecule has 0 atom stereocenters. The smallest absolute Gasteiger partial charge is 0.433 e. The first kappa shape index (κ1) is 23.3. The lowest BCUT2D eigenvalue weighted by molar-refractivity contribution is -0.141. The van der Waals surface area contributed by atoms with Gasteiger partial charge in [-0.2, -0.15) is 36.9 Å². The summed E-state index contributed by atoms with van der Waals surface area (Å²) in [6.07, 6.45) is -3.92. The molecule has 0 spiro atoms. The summed E-state index contributed by atoms with van der Waals surface area (Å²) >= 11 is 0. The Balaban J connectivity index is 1.54. The SMILES string of the molecule is CCC(F)(F)c1cc(Nc2nc(Nc3cc4ccc3o4)nc(-c3cccc(C(F)(F)F)n3)n2)ccn1. The van der Waals surface area contributed by atoms with Crippen molar-refractivity contribution in [1.82, 2.24) is 24.9 Å². The Hall–Kier alpha value is -4.42. The summed E-state index contributed by atoms with van der Waals surface area (Å²) in [7, 11) is 0. The highest BCUT2D eigenvalue weighted by Crippen LogP contribution is 2.33. The van der Waals surface area contributed by atoms with E-state index in [4.69, 9.17) is 4.42 Å². The molecule has 0 amide bonds. The summed E-state index contributed by atoms with van der Waals surface area (Å²) in [5.74, 6) is -3.46. The van der Waals surface area contributed by atoms with Gasteiger partial charge in [-0.15, -0.1) is 0 Å². The Labute approximate surface area is 200 Å². The Morgan fingerprint density at radius 3 is 2.28 bits per heavy atom. The van der Waals surface area contributed by atoms with E-state index in [1.165, 1.54) is 31.3 Å². The van der Waals surface area contributed by atoms with Crippen molar-refractivity contribution < 1.29 is 26.4 Å². The molecule has 0 aromatic carbocycles. The normalized spacial score (nSPS) is 12.3. The van der Waals surface area contributed by atoms with Crippen LogP contribution >= 0.6 is 0 Å². The van der Waals surface area contributed by atoms with Gasteiger partial charge in [-0.3, -0.25) is 4.98 Å². The highest BCUT2D eigenvalue weighted by atomic mass is 19.4. The first-order chi connectivity index (χ1) is 17.1. The molecule has 0 fully saturated rings. The predicted octanol–water partition coefficient (Wildman–Crippen LogP) is 6.52. The van der Waals surface area contributed by atoms with Crippen LogP contribution in [-0.4, -0.2) is 24.9 Å². The molecule has 0 unspecified atom stereocenters. The molecule has 5 heterocycles. The van der Waals surface area contributed by atoms with E-state index in [1.807, 2.05) is 0 Å². The summed E-state index contributed by atoms with van der Waals surface area (Å²) < 4.78 is 73.3. The minimum atomic E-state index is -4.67. The van der Waals surface area contributed by atoms with Crippen LogP contribution < -0.4 is 10.6 Å². The highest BCUT2D eigenvalue weighted by Gasteiger charge is 2.33. The zero-order chi connectivity index (χ0) is 25.5. The van der Waals surface area contributed by atoms with E-state index in [1.54, 1.807) is 18.2 Å². The first-order valence-electron chi connectivity index (χ1n) is 10.6. The van der Waals surface area contributed by atoms with Gasteiger partial charge in [-0.25, -0.2) is 4.98 Å². The average Bonchev–Trinajstić information content (AvgIpc) is 3.47. The van der Waals surface area contributed by atoms with Crippen molar-refractivity contribution in [2.45, 2.75) is 25.4 Å².